The molecule has 86 valence electrons. The van der Waals surface area contributed by atoms with E-state index in [0.29, 0.717) is 0 Å². The van der Waals surface area contributed by atoms with Crippen molar-refractivity contribution in [1.82, 2.24) is 4.57 Å². The lowest BCUT2D eigenvalue weighted by Crippen LogP contribution is -1.95. The Labute approximate surface area is 109 Å². The van der Waals surface area contributed by atoms with Gasteiger partial charge in [-0.2, -0.15) is 5.26 Å². The van der Waals surface area contributed by atoms with E-state index in [2.05, 4.69) is 45.4 Å². The largest absolute Gasteiger partial charge is 0.346 e. The van der Waals surface area contributed by atoms with Gasteiger partial charge in [0.2, 0.25) is 0 Å². The number of aryl methyl sites for hydroxylation is 2. The highest BCUT2D eigenvalue weighted by molar-refractivity contribution is 9.10. The van der Waals surface area contributed by atoms with Gasteiger partial charge in [0, 0.05) is 28.1 Å². The lowest BCUT2D eigenvalue weighted by Gasteiger charge is -2.04. The molecule has 0 aliphatic rings. The van der Waals surface area contributed by atoms with Gasteiger partial charge in [-0.25, -0.2) is 0 Å². The number of hydrogen-bond acceptors (Lipinski definition) is 1. The predicted octanol–water partition coefficient (Wildman–Crippen LogP) is 4.16. The lowest BCUT2D eigenvalue weighted by molar-refractivity contribution is 0.738. The van der Waals surface area contributed by atoms with E-state index in [9.17, 15) is 0 Å². The van der Waals surface area contributed by atoms with Gasteiger partial charge in [-0.3, -0.25) is 0 Å². The summed E-state index contributed by atoms with van der Waals surface area (Å²) in [6, 6.07) is 6.24. The monoisotopic (exact) mass is 288 g/mol. The maximum absolute atomic E-state index is 9.03. The van der Waals surface area contributed by atoms with Crippen molar-refractivity contribution in [2.75, 3.05) is 0 Å². The fourth-order valence-corrected chi connectivity index (χ4v) is 2.50. The van der Waals surface area contributed by atoms with Crippen LogP contribution in [0.25, 0.3) is 10.9 Å². The number of benzene rings is 1. The number of aromatic nitrogens is 1. The van der Waals surface area contributed by atoms with Gasteiger partial charge in [-0.05, 0) is 47.0 Å². The van der Waals surface area contributed by atoms with Gasteiger partial charge < -0.3 is 4.57 Å². The summed E-state index contributed by atoms with van der Waals surface area (Å²) < 4.78 is 3.22. The third-order valence-electron chi connectivity index (χ3n) is 2.87. The standard InChI is InChI=1S/C14H13BrN2/c1-3-4-5-17-9-13(15)12-7-11(8-16)10(2)6-14(12)17/h3,6-7,9H,1,4-5H2,2H3. The SMILES string of the molecule is C=CCCn1cc(Br)c2cc(C#N)c(C)cc21. The van der Waals surface area contributed by atoms with Crippen LogP contribution in [0.4, 0.5) is 0 Å². The predicted molar refractivity (Wildman–Crippen MR) is 73.9 cm³/mol. The second kappa shape index (κ2) is 4.77. The molecule has 0 aliphatic heterocycles. The van der Waals surface area contributed by atoms with Crippen LogP contribution in [0.3, 0.4) is 0 Å². The zero-order valence-corrected chi connectivity index (χ0v) is 11.3. The van der Waals surface area contributed by atoms with Crippen LogP contribution in [0.5, 0.6) is 0 Å². The maximum Gasteiger partial charge on any atom is 0.0994 e. The number of nitriles is 1. The van der Waals surface area contributed by atoms with Crippen molar-refractivity contribution in [3.63, 3.8) is 0 Å². The van der Waals surface area contributed by atoms with Crippen molar-refractivity contribution >= 4 is 26.8 Å². The van der Waals surface area contributed by atoms with Crippen LogP contribution in [0, 0.1) is 18.3 Å². The van der Waals surface area contributed by atoms with Crippen LogP contribution in [-0.2, 0) is 6.54 Å². The molecule has 0 spiro atoms. The van der Waals surface area contributed by atoms with Gasteiger partial charge in [0.15, 0.2) is 0 Å². The van der Waals surface area contributed by atoms with E-state index in [1.807, 2.05) is 19.1 Å². The summed E-state index contributed by atoms with van der Waals surface area (Å²) in [5.74, 6) is 0. The van der Waals surface area contributed by atoms with Crippen molar-refractivity contribution in [2.45, 2.75) is 19.9 Å². The molecule has 2 aromatic rings. The Morgan fingerprint density at radius 2 is 2.29 bits per heavy atom. The van der Waals surface area contributed by atoms with E-state index in [0.717, 1.165) is 39.5 Å². The lowest BCUT2D eigenvalue weighted by atomic mass is 10.1. The number of halogens is 1. The highest BCUT2D eigenvalue weighted by Gasteiger charge is 2.09. The van der Waals surface area contributed by atoms with Crippen LogP contribution in [0.15, 0.2) is 35.5 Å². The average Bonchev–Trinajstić information content (AvgIpc) is 2.62. The summed E-state index contributed by atoms with van der Waals surface area (Å²) in [5, 5.41) is 10.1. The minimum Gasteiger partial charge on any atom is -0.346 e. The summed E-state index contributed by atoms with van der Waals surface area (Å²) >= 11 is 3.54. The van der Waals surface area contributed by atoms with Crippen molar-refractivity contribution in [3.05, 3.63) is 46.6 Å². The Balaban J connectivity index is 2.62. The first-order valence-electron chi connectivity index (χ1n) is 5.47. The van der Waals surface area contributed by atoms with Crippen LogP contribution in [0.2, 0.25) is 0 Å². The number of rotatable bonds is 3. The van der Waals surface area contributed by atoms with Crippen molar-refractivity contribution in [2.24, 2.45) is 0 Å². The Kier molecular flexibility index (Phi) is 3.35. The molecule has 2 rings (SSSR count). The van der Waals surface area contributed by atoms with Gasteiger partial charge in [0.1, 0.15) is 0 Å². The number of hydrogen-bond donors (Lipinski definition) is 0. The normalized spacial score (nSPS) is 10.4. The van der Waals surface area contributed by atoms with Crippen LogP contribution in [-0.4, -0.2) is 4.57 Å². The maximum atomic E-state index is 9.03. The quantitative estimate of drug-likeness (QED) is 0.780. The second-order valence-electron chi connectivity index (χ2n) is 4.04. The Morgan fingerprint density at radius 1 is 1.53 bits per heavy atom. The topological polar surface area (TPSA) is 28.7 Å². The first kappa shape index (κ1) is 11.9. The molecule has 0 aliphatic carbocycles. The molecule has 3 heteroatoms. The molecule has 0 bridgehead atoms. The molecule has 1 heterocycles. The molecule has 0 saturated carbocycles. The Bertz CT molecular complexity index is 617. The van der Waals surface area contributed by atoms with E-state index >= 15 is 0 Å². The van der Waals surface area contributed by atoms with Gasteiger partial charge >= 0.3 is 0 Å². The summed E-state index contributed by atoms with van der Waals surface area (Å²) in [6.07, 6.45) is 4.92. The fraction of sp³-hybridized carbons (Fsp3) is 0.214. The summed E-state index contributed by atoms with van der Waals surface area (Å²) in [7, 11) is 0. The molecule has 1 aromatic heterocycles. The zero-order valence-electron chi connectivity index (χ0n) is 9.70. The van der Waals surface area contributed by atoms with Crippen molar-refractivity contribution in [1.29, 1.82) is 5.26 Å². The number of allylic oxidation sites excluding steroid dienone is 1. The first-order chi connectivity index (χ1) is 8.17. The highest BCUT2D eigenvalue weighted by atomic mass is 79.9. The molecule has 0 saturated heterocycles. The van der Waals surface area contributed by atoms with E-state index in [-0.39, 0.29) is 0 Å². The fourth-order valence-electron chi connectivity index (χ4n) is 1.93. The second-order valence-corrected chi connectivity index (χ2v) is 4.90. The van der Waals surface area contributed by atoms with E-state index < -0.39 is 0 Å². The van der Waals surface area contributed by atoms with Gasteiger partial charge in [-0.1, -0.05) is 6.08 Å². The molecule has 0 fully saturated rings. The third kappa shape index (κ3) is 2.13. The zero-order chi connectivity index (χ0) is 12.4. The number of nitrogens with zero attached hydrogens (tertiary/aromatic N) is 2. The van der Waals surface area contributed by atoms with Crippen molar-refractivity contribution < 1.29 is 0 Å². The molecule has 0 unspecified atom stereocenters. The highest BCUT2D eigenvalue weighted by Crippen LogP contribution is 2.29. The molecule has 2 nitrogen and oxygen atoms in total. The molecule has 0 atom stereocenters. The van der Waals surface area contributed by atoms with E-state index in [4.69, 9.17) is 5.26 Å². The number of fused-ring (bicyclic) bond motifs is 1. The van der Waals surface area contributed by atoms with Gasteiger partial charge in [-0.15, -0.1) is 6.58 Å². The van der Waals surface area contributed by atoms with E-state index in [1.54, 1.807) is 0 Å². The smallest absolute Gasteiger partial charge is 0.0994 e. The average molecular weight is 289 g/mol. The van der Waals surface area contributed by atoms with Gasteiger partial charge in [0.05, 0.1) is 11.6 Å². The van der Waals surface area contributed by atoms with Crippen molar-refractivity contribution in [3.8, 4) is 6.07 Å². The molecular formula is C14H13BrN2. The van der Waals surface area contributed by atoms with E-state index in [1.165, 1.54) is 0 Å². The Morgan fingerprint density at radius 3 is 2.94 bits per heavy atom. The molecule has 0 radical (unpaired) electrons. The van der Waals surface area contributed by atoms with Crippen LogP contribution >= 0.6 is 15.9 Å². The molecular weight excluding hydrogens is 276 g/mol. The minimum atomic E-state index is 0.736. The first-order valence-corrected chi connectivity index (χ1v) is 6.26. The summed E-state index contributed by atoms with van der Waals surface area (Å²) in [5.41, 5.74) is 2.92. The molecule has 0 N–H and O–H groups in total. The van der Waals surface area contributed by atoms with Gasteiger partial charge in [0.25, 0.3) is 0 Å². The minimum absolute atomic E-state index is 0.736. The molecule has 1 aromatic carbocycles. The van der Waals surface area contributed by atoms with Crippen LogP contribution in [0.1, 0.15) is 17.5 Å². The summed E-state index contributed by atoms with van der Waals surface area (Å²) in [4.78, 5) is 0. The van der Waals surface area contributed by atoms with Crippen LogP contribution < -0.4 is 0 Å². The third-order valence-corrected chi connectivity index (χ3v) is 3.51. The molecule has 17 heavy (non-hydrogen) atoms. The molecule has 0 amide bonds. The Hall–Kier alpha value is -1.53. The summed E-state index contributed by atoms with van der Waals surface area (Å²) in [6.45, 7) is 6.62.